The number of thiophene rings is 1. The van der Waals surface area contributed by atoms with Gasteiger partial charge in [-0.3, -0.25) is 4.79 Å². The zero-order chi connectivity index (χ0) is 14.2. The topological polar surface area (TPSA) is 29.1 Å². The number of nitrogens with one attached hydrogen (secondary N) is 1. The average molecular weight is 287 g/mol. The van der Waals surface area contributed by atoms with Crippen molar-refractivity contribution in [3.05, 3.63) is 57.8 Å². The number of unbranched alkanes of at least 4 members (excludes halogenated alkanes) is 1. The quantitative estimate of drug-likeness (QED) is 0.817. The van der Waals surface area contributed by atoms with Crippen molar-refractivity contribution in [2.24, 2.45) is 0 Å². The van der Waals surface area contributed by atoms with Gasteiger partial charge in [0.25, 0.3) is 5.91 Å². The molecule has 0 spiro atoms. The van der Waals surface area contributed by atoms with Gasteiger partial charge in [-0.15, -0.1) is 11.3 Å². The SMILES string of the molecule is CCCCc1ccc(C(=O)NCCc2cccs2)cc1. The van der Waals surface area contributed by atoms with Crippen molar-refractivity contribution in [2.45, 2.75) is 32.6 Å². The summed E-state index contributed by atoms with van der Waals surface area (Å²) in [6.07, 6.45) is 4.39. The fourth-order valence-corrected chi connectivity index (χ4v) is 2.77. The maximum Gasteiger partial charge on any atom is 0.251 e. The van der Waals surface area contributed by atoms with E-state index in [1.54, 1.807) is 11.3 Å². The first-order valence-corrected chi connectivity index (χ1v) is 8.07. The number of hydrogen-bond donors (Lipinski definition) is 1. The predicted molar refractivity (Wildman–Crippen MR) is 85.4 cm³/mol. The first-order chi connectivity index (χ1) is 9.79. The summed E-state index contributed by atoms with van der Waals surface area (Å²) in [6, 6.07) is 12.1. The summed E-state index contributed by atoms with van der Waals surface area (Å²) in [4.78, 5) is 13.3. The number of benzene rings is 1. The molecule has 1 aromatic heterocycles. The second-order valence-electron chi connectivity index (χ2n) is 4.89. The lowest BCUT2D eigenvalue weighted by atomic mass is 10.1. The molecule has 0 saturated carbocycles. The van der Waals surface area contributed by atoms with Crippen LogP contribution < -0.4 is 5.32 Å². The van der Waals surface area contributed by atoms with Gasteiger partial charge >= 0.3 is 0 Å². The minimum absolute atomic E-state index is 0.0172. The smallest absolute Gasteiger partial charge is 0.251 e. The normalized spacial score (nSPS) is 10.4. The van der Waals surface area contributed by atoms with Gasteiger partial charge in [0.15, 0.2) is 0 Å². The number of amides is 1. The maximum absolute atomic E-state index is 12.0. The zero-order valence-corrected chi connectivity index (χ0v) is 12.7. The van der Waals surface area contributed by atoms with Crippen LogP contribution in [0.15, 0.2) is 41.8 Å². The third-order valence-corrected chi connectivity index (χ3v) is 4.21. The first kappa shape index (κ1) is 14.8. The maximum atomic E-state index is 12.0. The second kappa shape index (κ2) is 7.85. The number of rotatable bonds is 7. The van der Waals surface area contributed by atoms with Crippen molar-refractivity contribution in [1.29, 1.82) is 0 Å². The van der Waals surface area contributed by atoms with Crippen LogP contribution in [-0.4, -0.2) is 12.5 Å². The Balaban J connectivity index is 1.79. The highest BCUT2D eigenvalue weighted by atomic mass is 32.1. The third-order valence-electron chi connectivity index (χ3n) is 3.27. The molecule has 0 atom stereocenters. The highest BCUT2D eigenvalue weighted by molar-refractivity contribution is 7.09. The van der Waals surface area contributed by atoms with Crippen LogP contribution in [0, 0.1) is 0 Å². The van der Waals surface area contributed by atoms with Gasteiger partial charge < -0.3 is 5.32 Å². The molecule has 0 radical (unpaired) electrons. The van der Waals surface area contributed by atoms with Crippen LogP contribution in [0.1, 0.15) is 40.6 Å². The third kappa shape index (κ3) is 4.49. The molecule has 20 heavy (non-hydrogen) atoms. The van der Waals surface area contributed by atoms with Crippen molar-refractivity contribution >= 4 is 17.2 Å². The summed E-state index contributed by atoms with van der Waals surface area (Å²) in [5.41, 5.74) is 2.05. The zero-order valence-electron chi connectivity index (χ0n) is 11.9. The van der Waals surface area contributed by atoms with Gasteiger partial charge in [-0.2, -0.15) is 0 Å². The average Bonchev–Trinajstić information content (AvgIpc) is 2.99. The van der Waals surface area contributed by atoms with Gasteiger partial charge in [-0.1, -0.05) is 31.5 Å². The van der Waals surface area contributed by atoms with E-state index >= 15 is 0 Å². The molecule has 1 N–H and O–H groups in total. The van der Waals surface area contributed by atoms with Crippen molar-refractivity contribution < 1.29 is 4.79 Å². The molecule has 106 valence electrons. The lowest BCUT2D eigenvalue weighted by Crippen LogP contribution is -2.25. The number of aryl methyl sites for hydroxylation is 1. The lowest BCUT2D eigenvalue weighted by molar-refractivity contribution is 0.0954. The standard InChI is InChI=1S/C17H21NOS/c1-2-3-5-14-7-9-15(10-8-14)17(19)18-12-11-16-6-4-13-20-16/h4,6-10,13H,2-3,5,11-12H2,1H3,(H,18,19). The van der Waals surface area contributed by atoms with E-state index in [2.05, 4.69) is 35.8 Å². The van der Waals surface area contributed by atoms with Crippen molar-refractivity contribution in [3.8, 4) is 0 Å². The van der Waals surface area contributed by atoms with Gasteiger partial charge in [-0.25, -0.2) is 0 Å². The molecule has 0 bridgehead atoms. The second-order valence-corrected chi connectivity index (χ2v) is 5.92. The van der Waals surface area contributed by atoms with Crippen LogP contribution in [0.2, 0.25) is 0 Å². The van der Waals surface area contributed by atoms with Crippen LogP contribution >= 0.6 is 11.3 Å². The summed E-state index contributed by atoms with van der Waals surface area (Å²) in [7, 11) is 0. The molecular weight excluding hydrogens is 266 g/mol. The number of carbonyl (C=O) groups excluding carboxylic acids is 1. The number of carbonyl (C=O) groups is 1. The molecule has 0 aliphatic heterocycles. The van der Waals surface area contributed by atoms with Crippen LogP contribution in [0.25, 0.3) is 0 Å². The van der Waals surface area contributed by atoms with E-state index in [0.717, 1.165) is 18.4 Å². The van der Waals surface area contributed by atoms with Crippen molar-refractivity contribution in [3.63, 3.8) is 0 Å². The van der Waals surface area contributed by atoms with Gasteiger partial charge in [0.05, 0.1) is 0 Å². The minimum atomic E-state index is 0.0172. The fraction of sp³-hybridized carbons (Fsp3) is 0.353. The molecule has 0 fully saturated rings. The van der Waals surface area contributed by atoms with Crippen LogP contribution in [0.3, 0.4) is 0 Å². The Morgan fingerprint density at radius 3 is 2.60 bits per heavy atom. The van der Waals surface area contributed by atoms with E-state index in [9.17, 15) is 4.79 Å². The van der Waals surface area contributed by atoms with E-state index in [1.807, 2.05) is 18.2 Å². The monoisotopic (exact) mass is 287 g/mol. The van der Waals surface area contributed by atoms with Gasteiger partial charge in [0.1, 0.15) is 0 Å². The molecule has 0 saturated heterocycles. The van der Waals surface area contributed by atoms with Crippen LogP contribution in [0.4, 0.5) is 0 Å². The number of hydrogen-bond acceptors (Lipinski definition) is 2. The highest BCUT2D eigenvalue weighted by Gasteiger charge is 2.05. The molecule has 0 aliphatic carbocycles. The van der Waals surface area contributed by atoms with Gasteiger partial charge in [-0.05, 0) is 48.4 Å². The van der Waals surface area contributed by atoms with E-state index in [0.29, 0.717) is 6.54 Å². The van der Waals surface area contributed by atoms with Gasteiger partial charge in [0.2, 0.25) is 0 Å². The van der Waals surface area contributed by atoms with Crippen molar-refractivity contribution in [2.75, 3.05) is 6.54 Å². The molecule has 2 rings (SSSR count). The Kier molecular flexibility index (Phi) is 5.81. The molecule has 3 heteroatoms. The molecule has 0 unspecified atom stereocenters. The predicted octanol–water partition coefficient (Wildman–Crippen LogP) is 4.06. The van der Waals surface area contributed by atoms with E-state index < -0.39 is 0 Å². The van der Waals surface area contributed by atoms with E-state index in [-0.39, 0.29) is 5.91 Å². The van der Waals surface area contributed by atoms with Gasteiger partial charge in [0, 0.05) is 17.0 Å². The van der Waals surface area contributed by atoms with E-state index in [1.165, 1.54) is 23.3 Å². The first-order valence-electron chi connectivity index (χ1n) is 7.19. The van der Waals surface area contributed by atoms with E-state index in [4.69, 9.17) is 0 Å². The Morgan fingerprint density at radius 1 is 1.15 bits per heavy atom. The minimum Gasteiger partial charge on any atom is -0.352 e. The summed E-state index contributed by atoms with van der Waals surface area (Å²) < 4.78 is 0. The molecule has 2 aromatic rings. The molecule has 1 aromatic carbocycles. The largest absolute Gasteiger partial charge is 0.352 e. The molecule has 1 amide bonds. The Morgan fingerprint density at radius 2 is 1.95 bits per heavy atom. The van der Waals surface area contributed by atoms with Crippen molar-refractivity contribution in [1.82, 2.24) is 5.32 Å². The Hall–Kier alpha value is -1.61. The molecule has 2 nitrogen and oxygen atoms in total. The van der Waals surface area contributed by atoms with Crippen LogP contribution in [0.5, 0.6) is 0 Å². The molecule has 0 aliphatic rings. The summed E-state index contributed by atoms with van der Waals surface area (Å²) >= 11 is 1.73. The lowest BCUT2D eigenvalue weighted by Gasteiger charge is -2.05. The van der Waals surface area contributed by atoms with Crippen LogP contribution in [-0.2, 0) is 12.8 Å². The summed E-state index contributed by atoms with van der Waals surface area (Å²) in [5, 5.41) is 5.03. The molecular formula is C17H21NOS. The Labute approximate surface area is 124 Å². The summed E-state index contributed by atoms with van der Waals surface area (Å²) in [5.74, 6) is 0.0172. The highest BCUT2D eigenvalue weighted by Crippen LogP contribution is 2.09. The molecule has 1 heterocycles. The Bertz CT molecular complexity index is 516. The fourth-order valence-electron chi connectivity index (χ4n) is 2.06. The summed E-state index contributed by atoms with van der Waals surface area (Å²) in [6.45, 7) is 2.88.